The number of hydrogen-bond acceptors (Lipinski definition) is 4. The summed E-state index contributed by atoms with van der Waals surface area (Å²) >= 11 is 1.54. The maximum absolute atomic E-state index is 14.0. The van der Waals surface area contributed by atoms with E-state index in [1.54, 1.807) is 22.9 Å². The van der Waals surface area contributed by atoms with Gasteiger partial charge in [-0.05, 0) is 31.5 Å². The lowest BCUT2D eigenvalue weighted by Gasteiger charge is -2.20. The van der Waals surface area contributed by atoms with Crippen LogP contribution in [0.25, 0.3) is 0 Å². The number of amides is 1. The molecule has 1 atom stereocenters. The van der Waals surface area contributed by atoms with E-state index in [1.165, 1.54) is 12.3 Å². The second-order valence-electron chi connectivity index (χ2n) is 5.65. The van der Waals surface area contributed by atoms with Crippen molar-refractivity contribution in [2.45, 2.75) is 18.6 Å². The van der Waals surface area contributed by atoms with Crippen LogP contribution >= 0.6 is 11.8 Å². The average molecular weight is 349 g/mol. The molecule has 1 aromatic heterocycles. The Morgan fingerprint density at radius 3 is 2.83 bits per heavy atom. The van der Waals surface area contributed by atoms with Crippen molar-refractivity contribution in [3.63, 3.8) is 0 Å². The zero-order chi connectivity index (χ0) is 17.1. The molecule has 0 N–H and O–H groups in total. The van der Waals surface area contributed by atoms with Gasteiger partial charge >= 0.3 is 0 Å². The maximum atomic E-state index is 14.0. The van der Waals surface area contributed by atoms with E-state index in [0.717, 1.165) is 17.8 Å². The Hall–Kier alpha value is -2.02. The Kier molecular flexibility index (Phi) is 5.08. The quantitative estimate of drug-likeness (QED) is 0.834. The van der Waals surface area contributed by atoms with Crippen LogP contribution in [-0.4, -0.2) is 39.6 Å². The van der Waals surface area contributed by atoms with Crippen molar-refractivity contribution < 1.29 is 13.6 Å². The minimum Gasteiger partial charge on any atom is -0.336 e. The molecule has 1 aromatic carbocycles. The first-order chi connectivity index (χ1) is 11.5. The van der Waals surface area contributed by atoms with Gasteiger partial charge < -0.3 is 4.90 Å². The average Bonchev–Trinajstić information content (AvgIpc) is 2.83. The van der Waals surface area contributed by atoms with Gasteiger partial charge in [0, 0.05) is 35.9 Å². The minimum absolute atomic E-state index is 0.164. The molecule has 0 radical (unpaired) electrons. The van der Waals surface area contributed by atoms with Crippen molar-refractivity contribution in [2.24, 2.45) is 0 Å². The van der Waals surface area contributed by atoms with E-state index in [4.69, 9.17) is 0 Å². The van der Waals surface area contributed by atoms with Gasteiger partial charge in [0.25, 0.3) is 5.91 Å². The lowest BCUT2D eigenvalue weighted by Crippen LogP contribution is -2.33. The number of thioether (sulfide) groups is 1. The Balaban J connectivity index is 1.72. The molecule has 0 spiro atoms. The molecule has 2 aromatic rings. The third-order valence-electron chi connectivity index (χ3n) is 3.93. The molecular weight excluding hydrogens is 332 g/mol. The number of rotatable bonds is 2. The van der Waals surface area contributed by atoms with Crippen molar-refractivity contribution in [3.8, 4) is 0 Å². The normalized spacial score (nSPS) is 18.3. The second-order valence-corrected chi connectivity index (χ2v) is 6.96. The van der Waals surface area contributed by atoms with Gasteiger partial charge in [-0.15, -0.1) is 0 Å². The van der Waals surface area contributed by atoms with Crippen molar-refractivity contribution in [1.82, 2.24) is 14.9 Å². The van der Waals surface area contributed by atoms with E-state index in [1.807, 2.05) is 6.92 Å². The Morgan fingerprint density at radius 1 is 1.25 bits per heavy atom. The fourth-order valence-electron chi connectivity index (χ4n) is 2.65. The van der Waals surface area contributed by atoms with Gasteiger partial charge in [0.05, 0.1) is 11.9 Å². The van der Waals surface area contributed by atoms with Crippen LogP contribution in [0, 0.1) is 18.6 Å². The van der Waals surface area contributed by atoms with Crippen LogP contribution in [-0.2, 0) is 0 Å². The summed E-state index contributed by atoms with van der Waals surface area (Å²) in [4.78, 5) is 22.4. The summed E-state index contributed by atoms with van der Waals surface area (Å²) in [6.45, 7) is 2.83. The zero-order valence-corrected chi connectivity index (χ0v) is 14.0. The number of benzene rings is 1. The molecule has 0 bridgehead atoms. The summed E-state index contributed by atoms with van der Waals surface area (Å²) < 4.78 is 27.4. The fraction of sp³-hybridized carbons (Fsp3) is 0.353. The van der Waals surface area contributed by atoms with E-state index in [2.05, 4.69) is 9.97 Å². The van der Waals surface area contributed by atoms with Gasteiger partial charge in [-0.3, -0.25) is 9.78 Å². The van der Waals surface area contributed by atoms with E-state index in [-0.39, 0.29) is 11.2 Å². The number of aromatic nitrogens is 2. The van der Waals surface area contributed by atoms with E-state index < -0.39 is 11.6 Å². The van der Waals surface area contributed by atoms with Gasteiger partial charge in [-0.25, -0.2) is 13.8 Å². The van der Waals surface area contributed by atoms with Gasteiger partial charge in [0.15, 0.2) is 0 Å². The molecule has 3 rings (SSSR count). The van der Waals surface area contributed by atoms with Crippen LogP contribution in [0.1, 0.15) is 33.4 Å². The molecule has 0 saturated carbocycles. The largest absolute Gasteiger partial charge is 0.336 e. The Morgan fingerprint density at radius 2 is 2.08 bits per heavy atom. The second kappa shape index (κ2) is 7.25. The van der Waals surface area contributed by atoms with E-state index in [9.17, 15) is 13.6 Å². The van der Waals surface area contributed by atoms with E-state index >= 15 is 0 Å². The molecule has 1 aliphatic rings. The maximum Gasteiger partial charge on any atom is 0.274 e. The smallest absolute Gasteiger partial charge is 0.274 e. The highest BCUT2D eigenvalue weighted by Crippen LogP contribution is 2.36. The lowest BCUT2D eigenvalue weighted by atomic mass is 10.1. The predicted octanol–water partition coefficient (Wildman–Crippen LogP) is 3.38. The number of carbonyl (C=O) groups excluding carboxylic acids is 1. The third kappa shape index (κ3) is 3.72. The monoisotopic (exact) mass is 349 g/mol. The molecule has 126 valence electrons. The highest BCUT2D eigenvalue weighted by molar-refractivity contribution is 7.99. The summed E-state index contributed by atoms with van der Waals surface area (Å²) in [6.07, 6.45) is 3.60. The zero-order valence-electron chi connectivity index (χ0n) is 13.2. The molecular formula is C17H17F2N3OS. The molecule has 1 aliphatic heterocycles. The predicted molar refractivity (Wildman–Crippen MR) is 88.8 cm³/mol. The number of aryl methyl sites for hydroxylation is 1. The molecule has 2 heterocycles. The fourth-order valence-corrected chi connectivity index (χ4v) is 3.89. The first kappa shape index (κ1) is 16.8. The van der Waals surface area contributed by atoms with Crippen molar-refractivity contribution in [1.29, 1.82) is 0 Å². The lowest BCUT2D eigenvalue weighted by molar-refractivity contribution is 0.0760. The van der Waals surface area contributed by atoms with E-state index in [0.29, 0.717) is 36.5 Å². The Labute approximate surface area is 143 Å². The third-order valence-corrected chi connectivity index (χ3v) is 5.24. The standard InChI is InChI=1S/C17H17F2N3OS/c1-11-9-21-15(10-20-11)17(23)22-5-4-16(24-7-6-22)13-8-12(18)2-3-14(13)19/h2-3,8-10,16H,4-7H2,1H3/t16-/m0/s1. The SMILES string of the molecule is Cc1cnc(C(=O)N2CCS[C@H](c3cc(F)ccc3F)CC2)cn1. The van der Waals surface area contributed by atoms with Gasteiger partial charge in [0.2, 0.25) is 0 Å². The van der Waals surface area contributed by atoms with Crippen LogP contribution in [0.3, 0.4) is 0 Å². The Bertz CT molecular complexity index is 739. The van der Waals surface area contributed by atoms with Crippen LogP contribution in [0.15, 0.2) is 30.6 Å². The van der Waals surface area contributed by atoms with Gasteiger partial charge in [-0.1, -0.05) is 0 Å². The number of halogens is 2. The number of hydrogen-bond donors (Lipinski definition) is 0. The van der Waals surface area contributed by atoms with Gasteiger partial charge in [0.1, 0.15) is 17.3 Å². The summed E-state index contributed by atoms with van der Waals surface area (Å²) in [7, 11) is 0. The summed E-state index contributed by atoms with van der Waals surface area (Å²) in [5.41, 5.74) is 1.42. The van der Waals surface area contributed by atoms with Crippen molar-refractivity contribution in [3.05, 3.63) is 59.2 Å². The minimum atomic E-state index is -0.445. The molecule has 0 unspecified atom stereocenters. The van der Waals surface area contributed by atoms with Crippen molar-refractivity contribution >= 4 is 17.7 Å². The first-order valence-corrected chi connectivity index (χ1v) is 8.74. The molecule has 1 saturated heterocycles. The molecule has 0 aliphatic carbocycles. The highest BCUT2D eigenvalue weighted by atomic mass is 32.2. The molecule has 4 nitrogen and oxygen atoms in total. The van der Waals surface area contributed by atoms with Crippen LogP contribution < -0.4 is 0 Å². The van der Waals surface area contributed by atoms with Crippen LogP contribution in [0.2, 0.25) is 0 Å². The van der Waals surface area contributed by atoms with Gasteiger partial charge in [-0.2, -0.15) is 11.8 Å². The van der Waals surface area contributed by atoms with Crippen molar-refractivity contribution in [2.75, 3.05) is 18.8 Å². The summed E-state index contributed by atoms with van der Waals surface area (Å²) in [6, 6.07) is 3.52. The molecule has 1 amide bonds. The number of carbonyl (C=O) groups is 1. The molecule has 7 heteroatoms. The molecule has 1 fully saturated rings. The summed E-state index contributed by atoms with van der Waals surface area (Å²) in [5, 5.41) is -0.164. The number of nitrogens with zero attached hydrogens (tertiary/aromatic N) is 3. The summed E-state index contributed by atoms with van der Waals surface area (Å²) in [5.74, 6) is -0.369. The first-order valence-electron chi connectivity index (χ1n) is 7.69. The van der Waals surface area contributed by atoms with Crippen LogP contribution in [0.4, 0.5) is 8.78 Å². The highest BCUT2D eigenvalue weighted by Gasteiger charge is 2.25. The van der Waals surface area contributed by atoms with Crippen LogP contribution in [0.5, 0.6) is 0 Å². The molecule has 24 heavy (non-hydrogen) atoms. The topological polar surface area (TPSA) is 46.1 Å².